The van der Waals surface area contributed by atoms with Crippen LogP contribution in [0.2, 0.25) is 0 Å². The second-order valence-electron chi connectivity index (χ2n) is 5.62. The molecule has 3 fully saturated rings. The molecule has 4 rings (SSSR count). The summed E-state index contributed by atoms with van der Waals surface area (Å²) in [6.45, 7) is 4.47. The SMILES string of the molecule is CCOc1cc(/C=C2/C(=O)C3CCN2CC3)cc(Br)c1OC. The smallest absolute Gasteiger partial charge is 0.182 e. The molecule has 0 saturated carbocycles. The minimum absolute atomic E-state index is 0.212. The molecule has 0 spiro atoms. The number of fused-ring (bicyclic) bond motifs is 3. The molecule has 22 heavy (non-hydrogen) atoms. The van der Waals surface area contributed by atoms with Gasteiger partial charge in [-0.1, -0.05) is 0 Å². The molecule has 0 aliphatic carbocycles. The van der Waals surface area contributed by atoms with Crippen molar-refractivity contribution in [2.24, 2.45) is 5.92 Å². The summed E-state index contributed by atoms with van der Waals surface area (Å²) in [5.74, 6) is 1.86. The third-order valence-electron chi connectivity index (χ3n) is 4.30. The Balaban J connectivity index is 1.98. The van der Waals surface area contributed by atoms with E-state index in [-0.39, 0.29) is 11.7 Å². The molecule has 0 unspecified atom stereocenters. The summed E-state index contributed by atoms with van der Waals surface area (Å²) in [4.78, 5) is 14.6. The van der Waals surface area contributed by atoms with Crippen molar-refractivity contribution in [1.29, 1.82) is 0 Å². The summed E-state index contributed by atoms with van der Waals surface area (Å²) in [7, 11) is 1.62. The largest absolute Gasteiger partial charge is 0.492 e. The molecule has 3 heterocycles. The number of carbonyl (C=O) groups is 1. The molecule has 5 heteroatoms. The average Bonchev–Trinajstić information content (AvgIpc) is 2.51. The lowest BCUT2D eigenvalue weighted by atomic mass is 9.84. The molecule has 3 aliphatic heterocycles. The van der Waals surface area contributed by atoms with Gasteiger partial charge in [-0.3, -0.25) is 4.79 Å². The van der Waals surface area contributed by atoms with Crippen molar-refractivity contribution in [3.8, 4) is 11.5 Å². The molecule has 0 radical (unpaired) electrons. The van der Waals surface area contributed by atoms with E-state index >= 15 is 0 Å². The molecule has 3 aliphatic rings. The van der Waals surface area contributed by atoms with E-state index in [9.17, 15) is 4.79 Å². The van der Waals surface area contributed by atoms with E-state index < -0.39 is 0 Å². The van der Waals surface area contributed by atoms with Gasteiger partial charge in [-0.05, 0) is 59.5 Å². The van der Waals surface area contributed by atoms with Gasteiger partial charge < -0.3 is 14.4 Å². The van der Waals surface area contributed by atoms with Crippen LogP contribution in [0.4, 0.5) is 0 Å². The molecular formula is C17H20BrNO3. The highest BCUT2D eigenvalue weighted by Gasteiger charge is 2.36. The fourth-order valence-corrected chi connectivity index (χ4v) is 3.82. The Bertz CT molecular complexity index is 619. The Morgan fingerprint density at radius 2 is 2.09 bits per heavy atom. The van der Waals surface area contributed by atoms with E-state index in [0.29, 0.717) is 18.1 Å². The molecule has 4 nitrogen and oxygen atoms in total. The lowest BCUT2D eigenvalue weighted by molar-refractivity contribution is -0.125. The second-order valence-corrected chi connectivity index (χ2v) is 6.48. The number of hydrogen-bond donors (Lipinski definition) is 0. The number of benzene rings is 1. The number of hydrogen-bond acceptors (Lipinski definition) is 4. The van der Waals surface area contributed by atoms with Gasteiger partial charge in [0.2, 0.25) is 0 Å². The van der Waals surface area contributed by atoms with Crippen molar-refractivity contribution >= 4 is 27.8 Å². The van der Waals surface area contributed by atoms with Gasteiger partial charge in [0.1, 0.15) is 0 Å². The summed E-state index contributed by atoms with van der Waals surface area (Å²) in [6.07, 6.45) is 3.96. The Labute approximate surface area is 139 Å². The number of rotatable bonds is 4. The first-order chi connectivity index (χ1) is 10.6. The topological polar surface area (TPSA) is 38.8 Å². The van der Waals surface area contributed by atoms with Crippen LogP contribution in [-0.4, -0.2) is 37.5 Å². The maximum absolute atomic E-state index is 12.4. The van der Waals surface area contributed by atoms with Crippen LogP contribution >= 0.6 is 15.9 Å². The van der Waals surface area contributed by atoms with Gasteiger partial charge >= 0.3 is 0 Å². The van der Waals surface area contributed by atoms with E-state index in [4.69, 9.17) is 9.47 Å². The third-order valence-corrected chi connectivity index (χ3v) is 4.89. The zero-order chi connectivity index (χ0) is 15.7. The molecule has 0 aromatic heterocycles. The normalized spacial score (nSPS) is 19.9. The van der Waals surface area contributed by atoms with E-state index in [0.717, 1.165) is 41.7 Å². The Kier molecular flexibility index (Phi) is 4.43. The van der Waals surface area contributed by atoms with Crippen LogP contribution in [0.3, 0.4) is 0 Å². The van der Waals surface area contributed by atoms with Crippen LogP contribution in [0.1, 0.15) is 25.3 Å². The van der Waals surface area contributed by atoms with Crippen LogP contribution in [0.15, 0.2) is 22.3 Å². The standard InChI is InChI=1S/C17H20BrNO3/c1-3-22-15-10-11(8-13(18)17(15)21-2)9-14-16(20)12-4-6-19(14)7-5-12/h8-10,12H,3-7H2,1-2H3/b14-9-. The van der Waals surface area contributed by atoms with Gasteiger partial charge in [0.15, 0.2) is 17.3 Å². The maximum Gasteiger partial charge on any atom is 0.182 e. The average molecular weight is 366 g/mol. The summed E-state index contributed by atoms with van der Waals surface area (Å²) in [5.41, 5.74) is 1.79. The monoisotopic (exact) mass is 365 g/mol. The van der Waals surface area contributed by atoms with Crippen LogP contribution < -0.4 is 9.47 Å². The Morgan fingerprint density at radius 3 is 2.68 bits per heavy atom. The van der Waals surface area contributed by atoms with Crippen molar-refractivity contribution in [2.45, 2.75) is 19.8 Å². The highest BCUT2D eigenvalue weighted by Crippen LogP contribution is 2.38. The van der Waals surface area contributed by atoms with Crippen LogP contribution in [0.25, 0.3) is 6.08 Å². The predicted molar refractivity (Wildman–Crippen MR) is 89.1 cm³/mol. The molecule has 0 amide bonds. The summed E-state index contributed by atoms with van der Waals surface area (Å²) in [6, 6.07) is 3.89. The van der Waals surface area contributed by atoms with E-state index in [1.807, 2.05) is 25.1 Å². The first-order valence-electron chi connectivity index (χ1n) is 7.65. The van der Waals surface area contributed by atoms with Crippen molar-refractivity contribution in [2.75, 3.05) is 26.8 Å². The lowest BCUT2D eigenvalue weighted by Gasteiger charge is -2.41. The number of piperidine rings is 3. The minimum Gasteiger partial charge on any atom is -0.492 e. The second kappa shape index (κ2) is 6.32. The molecule has 1 aromatic rings. The van der Waals surface area contributed by atoms with Crippen molar-refractivity contribution in [1.82, 2.24) is 4.90 Å². The van der Waals surface area contributed by atoms with E-state index in [1.165, 1.54) is 0 Å². The van der Waals surface area contributed by atoms with Gasteiger partial charge in [-0.15, -0.1) is 0 Å². The number of ketones is 1. The van der Waals surface area contributed by atoms with Crippen molar-refractivity contribution in [3.05, 3.63) is 27.9 Å². The zero-order valence-corrected chi connectivity index (χ0v) is 14.5. The summed E-state index contributed by atoms with van der Waals surface area (Å²) in [5, 5.41) is 0. The Hall–Kier alpha value is -1.49. The molecule has 0 N–H and O–H groups in total. The Morgan fingerprint density at radius 1 is 1.36 bits per heavy atom. The number of allylic oxidation sites excluding steroid dienone is 1. The van der Waals surface area contributed by atoms with Crippen LogP contribution in [0, 0.1) is 5.92 Å². The van der Waals surface area contributed by atoms with E-state index in [2.05, 4.69) is 20.8 Å². The number of methoxy groups -OCH3 is 1. The molecule has 0 atom stereocenters. The molecule has 3 saturated heterocycles. The highest BCUT2D eigenvalue weighted by atomic mass is 79.9. The quantitative estimate of drug-likeness (QED) is 0.765. The lowest BCUT2D eigenvalue weighted by Crippen LogP contribution is -2.45. The van der Waals surface area contributed by atoms with Gasteiger partial charge in [0.05, 0.1) is 23.9 Å². The number of Topliss-reactive ketones (excluding diaryl/α,β-unsaturated/α-hetero) is 1. The van der Waals surface area contributed by atoms with Crippen LogP contribution in [-0.2, 0) is 4.79 Å². The predicted octanol–water partition coefficient (Wildman–Crippen LogP) is 3.49. The number of halogens is 1. The minimum atomic E-state index is 0.212. The summed E-state index contributed by atoms with van der Waals surface area (Å²) < 4.78 is 11.8. The number of ether oxygens (including phenoxy) is 2. The van der Waals surface area contributed by atoms with Crippen LogP contribution in [0.5, 0.6) is 11.5 Å². The van der Waals surface area contributed by atoms with Gasteiger partial charge in [-0.2, -0.15) is 0 Å². The highest BCUT2D eigenvalue weighted by molar-refractivity contribution is 9.10. The molecule has 2 bridgehead atoms. The molecular weight excluding hydrogens is 346 g/mol. The number of carbonyl (C=O) groups excluding carboxylic acids is 1. The first kappa shape index (κ1) is 15.4. The number of nitrogens with zero attached hydrogens (tertiary/aromatic N) is 1. The van der Waals surface area contributed by atoms with Crippen molar-refractivity contribution < 1.29 is 14.3 Å². The first-order valence-corrected chi connectivity index (χ1v) is 8.44. The zero-order valence-electron chi connectivity index (χ0n) is 12.9. The fraction of sp³-hybridized carbons (Fsp3) is 0.471. The maximum atomic E-state index is 12.4. The third kappa shape index (κ3) is 2.74. The molecule has 118 valence electrons. The van der Waals surface area contributed by atoms with E-state index in [1.54, 1.807) is 7.11 Å². The fourth-order valence-electron chi connectivity index (χ4n) is 3.20. The van der Waals surface area contributed by atoms with Crippen molar-refractivity contribution in [3.63, 3.8) is 0 Å². The van der Waals surface area contributed by atoms with Gasteiger partial charge in [0.25, 0.3) is 0 Å². The summed E-state index contributed by atoms with van der Waals surface area (Å²) >= 11 is 3.52. The molecule has 1 aromatic carbocycles. The van der Waals surface area contributed by atoms with Gasteiger partial charge in [0, 0.05) is 19.0 Å². The van der Waals surface area contributed by atoms with Gasteiger partial charge in [-0.25, -0.2) is 0 Å².